The van der Waals surface area contributed by atoms with E-state index >= 15 is 0 Å². The molecule has 10 heteroatoms. The maximum Gasteiger partial charge on any atom is 0.416 e. The topological polar surface area (TPSA) is 46.9 Å². The van der Waals surface area contributed by atoms with Crippen molar-refractivity contribution in [3.63, 3.8) is 0 Å². The highest BCUT2D eigenvalue weighted by molar-refractivity contribution is 5.92. The van der Waals surface area contributed by atoms with Gasteiger partial charge in [-0.1, -0.05) is 0 Å². The van der Waals surface area contributed by atoms with Crippen LogP contribution in [0.4, 0.5) is 26.3 Å². The van der Waals surface area contributed by atoms with E-state index < -0.39 is 29.4 Å². The molecule has 1 unspecified atom stereocenters. The molecule has 2 aromatic rings. The van der Waals surface area contributed by atoms with Crippen LogP contribution in [0.15, 0.2) is 24.4 Å². The van der Waals surface area contributed by atoms with Crippen molar-refractivity contribution in [3.8, 4) is 0 Å². The van der Waals surface area contributed by atoms with E-state index in [-0.39, 0.29) is 35.8 Å². The monoisotopic (exact) mass is 417 g/mol. The van der Waals surface area contributed by atoms with Gasteiger partial charge in [-0.25, -0.2) is 4.98 Å². The first-order chi connectivity index (χ1) is 13.5. The van der Waals surface area contributed by atoms with Gasteiger partial charge in [0.1, 0.15) is 11.5 Å². The third-order valence-corrected chi connectivity index (χ3v) is 5.22. The summed E-state index contributed by atoms with van der Waals surface area (Å²) in [7, 11) is 0. The van der Waals surface area contributed by atoms with Crippen molar-refractivity contribution in [2.75, 3.05) is 0 Å². The van der Waals surface area contributed by atoms with E-state index in [0.29, 0.717) is 18.7 Å². The smallest absolute Gasteiger partial charge is 0.348 e. The molecule has 2 heterocycles. The van der Waals surface area contributed by atoms with Crippen LogP contribution in [0, 0.1) is 0 Å². The number of hydrogen-bond donors (Lipinski definition) is 1. The zero-order chi connectivity index (χ0) is 21.0. The second-order valence-electron chi connectivity index (χ2n) is 7.52. The number of hydrogen-bond acceptors (Lipinski definition) is 2. The Morgan fingerprint density at radius 1 is 1.00 bits per heavy atom. The lowest BCUT2D eigenvalue weighted by Gasteiger charge is -2.25. The van der Waals surface area contributed by atoms with Crippen LogP contribution in [0.1, 0.15) is 58.2 Å². The minimum Gasteiger partial charge on any atom is -0.348 e. The largest absolute Gasteiger partial charge is 0.416 e. The molecule has 1 aliphatic carbocycles. The number of nitrogens with one attached hydrogen (secondary N) is 1. The Bertz CT molecular complexity index is 910. The number of benzene rings is 1. The summed E-state index contributed by atoms with van der Waals surface area (Å²) >= 11 is 0. The number of halogens is 6. The normalized spacial score (nSPS) is 19.7. The number of carbonyl (C=O) groups excluding carboxylic acids is 1. The number of carbonyl (C=O) groups is 1. The van der Waals surface area contributed by atoms with Gasteiger partial charge in [-0.05, 0) is 43.0 Å². The Morgan fingerprint density at radius 3 is 2.17 bits per heavy atom. The van der Waals surface area contributed by atoms with Gasteiger partial charge in [0.05, 0.1) is 11.1 Å². The summed E-state index contributed by atoms with van der Waals surface area (Å²) in [6, 6.07) is 1.85. The number of imidazole rings is 1. The van der Waals surface area contributed by atoms with Gasteiger partial charge < -0.3 is 9.88 Å². The molecular formula is C19H17F6N3O. The van der Waals surface area contributed by atoms with Gasteiger partial charge in [0.2, 0.25) is 0 Å². The Kier molecular flexibility index (Phi) is 4.62. The van der Waals surface area contributed by atoms with E-state index in [9.17, 15) is 31.1 Å². The maximum absolute atomic E-state index is 13.1. The summed E-state index contributed by atoms with van der Waals surface area (Å²) in [4.78, 5) is 16.4. The number of nitrogens with zero attached hydrogens (tertiary/aromatic N) is 2. The number of alkyl halides is 6. The van der Waals surface area contributed by atoms with Crippen molar-refractivity contribution in [1.82, 2.24) is 14.9 Å². The summed E-state index contributed by atoms with van der Waals surface area (Å²) in [5.41, 5.74) is -2.44. The lowest BCUT2D eigenvalue weighted by molar-refractivity contribution is -0.143. The van der Waals surface area contributed by atoms with Crippen LogP contribution in [0.3, 0.4) is 0 Å². The molecule has 1 saturated carbocycles. The summed E-state index contributed by atoms with van der Waals surface area (Å²) in [5, 5.41) is 2.81. The Balaban J connectivity index is 1.61. The molecule has 0 radical (unpaired) electrons. The predicted molar refractivity (Wildman–Crippen MR) is 90.2 cm³/mol. The van der Waals surface area contributed by atoms with E-state index in [0.717, 1.165) is 25.0 Å². The summed E-state index contributed by atoms with van der Waals surface area (Å²) in [5.74, 6) is -0.256. The molecule has 4 nitrogen and oxygen atoms in total. The van der Waals surface area contributed by atoms with Crippen LogP contribution in [0.25, 0.3) is 0 Å². The van der Waals surface area contributed by atoms with E-state index in [1.54, 1.807) is 4.57 Å². The fraction of sp³-hybridized carbons (Fsp3) is 0.474. The first-order valence-corrected chi connectivity index (χ1v) is 9.17. The Labute approximate surface area is 161 Å². The molecule has 1 N–H and O–H groups in total. The molecule has 0 saturated heterocycles. The third-order valence-electron chi connectivity index (χ3n) is 5.22. The van der Waals surface area contributed by atoms with E-state index in [1.807, 2.05) is 0 Å². The first kappa shape index (κ1) is 19.8. The molecule has 1 aromatic carbocycles. The van der Waals surface area contributed by atoms with Crippen molar-refractivity contribution in [2.45, 2.75) is 56.5 Å². The number of amides is 1. The number of aromatic nitrogens is 2. The zero-order valence-corrected chi connectivity index (χ0v) is 15.1. The first-order valence-electron chi connectivity index (χ1n) is 9.17. The van der Waals surface area contributed by atoms with Crippen molar-refractivity contribution in [1.29, 1.82) is 0 Å². The molecule has 4 rings (SSSR count). The summed E-state index contributed by atoms with van der Waals surface area (Å²) < 4.78 is 80.3. The lowest BCUT2D eigenvalue weighted by Crippen LogP contribution is -2.25. The van der Waals surface area contributed by atoms with Crippen molar-refractivity contribution < 1.29 is 31.1 Å². The molecule has 2 aliphatic rings. The SMILES string of the molecule is O=C(NC1CC1)c1cn2c(n1)CCC(c1cc(C(F)(F)F)cc(C(F)(F)F)c1)C2. The highest BCUT2D eigenvalue weighted by Gasteiger charge is 2.38. The molecule has 0 bridgehead atoms. The molecule has 29 heavy (non-hydrogen) atoms. The predicted octanol–water partition coefficient (Wildman–Crippen LogP) is 4.54. The van der Waals surface area contributed by atoms with Crippen LogP contribution in [0.2, 0.25) is 0 Å². The molecular weight excluding hydrogens is 400 g/mol. The molecule has 156 valence electrons. The number of fused-ring (bicyclic) bond motifs is 1. The Morgan fingerprint density at radius 2 is 1.62 bits per heavy atom. The van der Waals surface area contributed by atoms with Gasteiger partial charge in [0.15, 0.2) is 0 Å². The van der Waals surface area contributed by atoms with Gasteiger partial charge in [-0.15, -0.1) is 0 Å². The van der Waals surface area contributed by atoms with E-state index in [1.165, 1.54) is 6.20 Å². The highest BCUT2D eigenvalue weighted by Crippen LogP contribution is 2.39. The summed E-state index contributed by atoms with van der Waals surface area (Å²) in [6.45, 7) is 0.164. The number of rotatable bonds is 3. The fourth-order valence-corrected chi connectivity index (χ4v) is 3.53. The van der Waals surface area contributed by atoms with Crippen LogP contribution >= 0.6 is 0 Å². The fourth-order valence-electron chi connectivity index (χ4n) is 3.53. The van der Waals surface area contributed by atoms with Gasteiger partial charge in [0, 0.05) is 31.1 Å². The van der Waals surface area contributed by atoms with Crippen LogP contribution < -0.4 is 5.32 Å². The van der Waals surface area contributed by atoms with Gasteiger partial charge in [-0.3, -0.25) is 4.79 Å². The van der Waals surface area contributed by atoms with Crippen molar-refractivity contribution in [3.05, 3.63) is 52.6 Å². The van der Waals surface area contributed by atoms with Gasteiger partial charge in [-0.2, -0.15) is 26.3 Å². The molecule has 1 aliphatic heterocycles. The lowest BCUT2D eigenvalue weighted by atomic mass is 9.89. The average Bonchev–Trinajstić information content (AvgIpc) is 3.34. The minimum absolute atomic E-state index is 0.0181. The maximum atomic E-state index is 13.1. The van der Waals surface area contributed by atoms with Crippen LogP contribution in [-0.4, -0.2) is 21.5 Å². The second kappa shape index (κ2) is 6.77. The van der Waals surface area contributed by atoms with E-state index in [4.69, 9.17) is 0 Å². The third kappa shape index (κ3) is 4.25. The Hall–Kier alpha value is -2.52. The standard InChI is InChI=1S/C19H17F6N3O/c20-18(21,22)12-5-11(6-13(7-12)19(23,24)25)10-1-4-16-27-15(9-28(16)8-10)17(29)26-14-2-3-14/h5-7,9-10,14H,1-4,8H2,(H,26,29). The molecule has 1 atom stereocenters. The molecule has 0 spiro atoms. The van der Waals surface area contributed by atoms with Crippen molar-refractivity contribution in [2.24, 2.45) is 0 Å². The quantitative estimate of drug-likeness (QED) is 0.746. The average molecular weight is 417 g/mol. The minimum atomic E-state index is -4.88. The number of aryl methyl sites for hydroxylation is 1. The highest BCUT2D eigenvalue weighted by atomic mass is 19.4. The zero-order valence-electron chi connectivity index (χ0n) is 15.1. The molecule has 1 amide bonds. The van der Waals surface area contributed by atoms with Crippen LogP contribution in [-0.2, 0) is 25.3 Å². The molecule has 1 fully saturated rings. The van der Waals surface area contributed by atoms with Crippen LogP contribution in [0.5, 0.6) is 0 Å². The van der Waals surface area contributed by atoms with E-state index in [2.05, 4.69) is 10.3 Å². The summed E-state index contributed by atoms with van der Waals surface area (Å²) in [6.07, 6.45) is -5.70. The van der Waals surface area contributed by atoms with Gasteiger partial charge >= 0.3 is 12.4 Å². The van der Waals surface area contributed by atoms with Crippen molar-refractivity contribution >= 4 is 5.91 Å². The second-order valence-corrected chi connectivity index (χ2v) is 7.52. The molecule has 1 aromatic heterocycles. The van der Waals surface area contributed by atoms with Gasteiger partial charge in [0.25, 0.3) is 5.91 Å².